The molecule has 1 aromatic carbocycles. The Kier molecular flexibility index (Phi) is 3.46. The number of hydrogen-bond donors (Lipinski definition) is 1. The predicted molar refractivity (Wildman–Crippen MR) is 78.3 cm³/mol. The van der Waals surface area contributed by atoms with Crippen molar-refractivity contribution in [1.82, 2.24) is 14.6 Å². The molecule has 1 N–H and O–H groups in total. The van der Waals surface area contributed by atoms with Crippen LogP contribution in [0.3, 0.4) is 0 Å². The maximum absolute atomic E-state index is 10.6. The smallest absolute Gasteiger partial charge is 0.269 e. The number of benzene rings is 1. The zero-order chi connectivity index (χ0) is 14.7. The summed E-state index contributed by atoms with van der Waals surface area (Å²) in [6.45, 7) is 0.690. The Hall–Kier alpha value is -2.96. The average molecular weight is 283 g/mol. The molecule has 2 heterocycles. The molecule has 7 nitrogen and oxygen atoms in total. The van der Waals surface area contributed by atoms with E-state index in [4.69, 9.17) is 0 Å². The highest BCUT2D eigenvalue weighted by Gasteiger charge is 2.05. The first-order valence-corrected chi connectivity index (χ1v) is 6.49. The van der Waals surface area contributed by atoms with Gasteiger partial charge in [0.2, 0.25) is 0 Å². The number of non-ortho nitro benzene ring substituents is 1. The van der Waals surface area contributed by atoms with E-state index in [0.717, 1.165) is 23.3 Å². The summed E-state index contributed by atoms with van der Waals surface area (Å²) in [5, 5.41) is 18.0. The Labute approximate surface area is 120 Å². The third kappa shape index (κ3) is 2.81. The summed E-state index contributed by atoms with van der Waals surface area (Å²) < 4.78 is 1.75. The zero-order valence-corrected chi connectivity index (χ0v) is 11.1. The number of fused-ring (bicyclic) bond motifs is 1. The lowest BCUT2D eigenvalue weighted by Crippen LogP contribution is -2.07. The Balaban J connectivity index is 1.63. The third-order valence-electron chi connectivity index (χ3n) is 3.18. The first-order valence-electron chi connectivity index (χ1n) is 6.49. The quantitative estimate of drug-likeness (QED) is 0.573. The van der Waals surface area contributed by atoms with Crippen molar-refractivity contribution in [1.29, 1.82) is 0 Å². The molecule has 0 aliphatic rings. The van der Waals surface area contributed by atoms with Crippen LogP contribution in [0.25, 0.3) is 5.52 Å². The maximum Gasteiger partial charge on any atom is 0.269 e. The molecule has 0 unspecified atom stereocenters. The highest BCUT2D eigenvalue weighted by atomic mass is 16.6. The van der Waals surface area contributed by atoms with Crippen LogP contribution in [0.1, 0.15) is 5.56 Å². The van der Waals surface area contributed by atoms with E-state index < -0.39 is 4.92 Å². The van der Waals surface area contributed by atoms with Gasteiger partial charge < -0.3 is 5.32 Å². The lowest BCUT2D eigenvalue weighted by atomic mass is 10.1. The molecule has 3 aromatic rings. The van der Waals surface area contributed by atoms with Gasteiger partial charge in [-0.2, -0.15) is 5.10 Å². The fourth-order valence-electron chi connectivity index (χ4n) is 2.10. The van der Waals surface area contributed by atoms with Gasteiger partial charge in [-0.3, -0.25) is 10.1 Å². The van der Waals surface area contributed by atoms with Gasteiger partial charge in [-0.05, 0) is 18.1 Å². The number of aromatic nitrogens is 3. The van der Waals surface area contributed by atoms with Crippen molar-refractivity contribution in [2.75, 3.05) is 11.9 Å². The molecule has 3 rings (SSSR count). The molecular formula is C14H13N5O2. The summed E-state index contributed by atoms with van der Waals surface area (Å²) in [6, 6.07) is 8.47. The van der Waals surface area contributed by atoms with Gasteiger partial charge in [0.15, 0.2) is 5.82 Å². The summed E-state index contributed by atoms with van der Waals surface area (Å²) in [5.74, 6) is 0.775. The van der Waals surface area contributed by atoms with E-state index in [9.17, 15) is 10.1 Å². The molecule has 0 bridgehead atoms. The van der Waals surface area contributed by atoms with Crippen LogP contribution in [0, 0.1) is 10.1 Å². The SMILES string of the molecule is O=[N+]([O-])c1ccc(CCNc2nccn3nccc23)cc1. The highest BCUT2D eigenvalue weighted by molar-refractivity contribution is 5.66. The minimum atomic E-state index is -0.397. The summed E-state index contributed by atoms with van der Waals surface area (Å²) in [5.41, 5.74) is 2.06. The zero-order valence-electron chi connectivity index (χ0n) is 11.1. The number of rotatable bonds is 5. The molecule has 0 aliphatic carbocycles. The topological polar surface area (TPSA) is 85.4 Å². The molecule has 0 fully saturated rings. The van der Waals surface area contributed by atoms with Crippen molar-refractivity contribution < 1.29 is 4.92 Å². The van der Waals surface area contributed by atoms with Crippen molar-refractivity contribution in [3.05, 3.63) is 64.6 Å². The lowest BCUT2D eigenvalue weighted by molar-refractivity contribution is -0.384. The normalized spacial score (nSPS) is 10.7. The minimum Gasteiger partial charge on any atom is -0.368 e. The summed E-state index contributed by atoms with van der Waals surface area (Å²) in [7, 11) is 0. The van der Waals surface area contributed by atoms with Crippen molar-refractivity contribution in [3.8, 4) is 0 Å². The second-order valence-electron chi connectivity index (χ2n) is 4.54. The van der Waals surface area contributed by atoms with Gasteiger partial charge in [-0.15, -0.1) is 0 Å². The van der Waals surface area contributed by atoms with E-state index >= 15 is 0 Å². The molecule has 0 amide bonds. The van der Waals surface area contributed by atoms with Gasteiger partial charge in [0, 0.05) is 31.1 Å². The highest BCUT2D eigenvalue weighted by Crippen LogP contribution is 2.14. The van der Waals surface area contributed by atoms with E-state index in [1.54, 1.807) is 35.2 Å². The van der Waals surface area contributed by atoms with Crippen LogP contribution >= 0.6 is 0 Å². The molecule has 21 heavy (non-hydrogen) atoms. The predicted octanol–water partition coefficient (Wildman–Crippen LogP) is 2.29. The van der Waals surface area contributed by atoms with Gasteiger partial charge in [0.25, 0.3) is 5.69 Å². The van der Waals surface area contributed by atoms with E-state index in [1.165, 1.54) is 12.1 Å². The standard InChI is InChI=1S/C14H13N5O2/c20-19(21)12-3-1-11(2-4-12)5-7-15-14-13-6-8-17-18(13)10-9-16-14/h1-4,6,8-10H,5,7H2,(H,15,16). The number of nitrogens with one attached hydrogen (secondary N) is 1. The Morgan fingerprint density at radius 3 is 2.76 bits per heavy atom. The van der Waals surface area contributed by atoms with Gasteiger partial charge in [-0.1, -0.05) is 12.1 Å². The Morgan fingerprint density at radius 1 is 1.19 bits per heavy atom. The molecule has 2 aromatic heterocycles. The lowest BCUT2D eigenvalue weighted by Gasteiger charge is -2.06. The molecule has 0 saturated carbocycles. The van der Waals surface area contributed by atoms with Crippen LogP contribution in [0.5, 0.6) is 0 Å². The molecular weight excluding hydrogens is 270 g/mol. The fraction of sp³-hybridized carbons (Fsp3) is 0.143. The summed E-state index contributed by atoms with van der Waals surface area (Å²) >= 11 is 0. The van der Waals surface area contributed by atoms with E-state index in [2.05, 4.69) is 15.4 Å². The summed E-state index contributed by atoms with van der Waals surface area (Å²) in [6.07, 6.45) is 5.96. The minimum absolute atomic E-state index is 0.109. The van der Waals surface area contributed by atoms with Gasteiger partial charge in [-0.25, -0.2) is 9.50 Å². The van der Waals surface area contributed by atoms with Crippen LogP contribution in [0.2, 0.25) is 0 Å². The molecule has 106 valence electrons. The molecule has 0 aliphatic heterocycles. The van der Waals surface area contributed by atoms with Crippen molar-refractivity contribution in [2.45, 2.75) is 6.42 Å². The molecule has 0 spiro atoms. The first kappa shape index (κ1) is 13.0. The Bertz CT molecular complexity index is 766. The molecule has 0 atom stereocenters. The third-order valence-corrected chi connectivity index (χ3v) is 3.18. The molecule has 7 heteroatoms. The number of nitro groups is 1. The van der Waals surface area contributed by atoms with E-state index in [0.29, 0.717) is 6.54 Å². The Morgan fingerprint density at radius 2 is 2.00 bits per heavy atom. The molecule has 0 saturated heterocycles. The van der Waals surface area contributed by atoms with E-state index in [1.807, 2.05) is 6.07 Å². The first-order chi connectivity index (χ1) is 10.2. The van der Waals surface area contributed by atoms with E-state index in [-0.39, 0.29) is 5.69 Å². The number of nitro benzene ring substituents is 1. The number of anilines is 1. The number of hydrogen-bond acceptors (Lipinski definition) is 5. The second-order valence-corrected chi connectivity index (χ2v) is 4.54. The van der Waals surface area contributed by atoms with Gasteiger partial charge >= 0.3 is 0 Å². The number of nitrogens with zero attached hydrogens (tertiary/aromatic N) is 4. The van der Waals surface area contributed by atoms with Crippen molar-refractivity contribution in [3.63, 3.8) is 0 Å². The van der Waals surface area contributed by atoms with Gasteiger partial charge in [0.05, 0.1) is 11.1 Å². The van der Waals surface area contributed by atoms with Crippen LogP contribution < -0.4 is 5.32 Å². The van der Waals surface area contributed by atoms with Gasteiger partial charge in [0.1, 0.15) is 5.52 Å². The largest absolute Gasteiger partial charge is 0.368 e. The monoisotopic (exact) mass is 283 g/mol. The maximum atomic E-state index is 10.6. The van der Waals surface area contributed by atoms with Crippen molar-refractivity contribution >= 4 is 17.0 Å². The van der Waals surface area contributed by atoms with Crippen LogP contribution in [-0.2, 0) is 6.42 Å². The summed E-state index contributed by atoms with van der Waals surface area (Å²) in [4.78, 5) is 14.5. The average Bonchev–Trinajstić information content (AvgIpc) is 2.97. The van der Waals surface area contributed by atoms with Crippen LogP contribution in [0.15, 0.2) is 48.9 Å². The van der Waals surface area contributed by atoms with Crippen molar-refractivity contribution in [2.24, 2.45) is 0 Å². The molecule has 0 radical (unpaired) electrons. The van der Waals surface area contributed by atoms with Crippen LogP contribution in [-0.4, -0.2) is 26.1 Å². The second kappa shape index (κ2) is 5.58. The fourth-order valence-corrected chi connectivity index (χ4v) is 2.10. The van der Waals surface area contributed by atoms with Crippen LogP contribution in [0.4, 0.5) is 11.5 Å².